The lowest BCUT2D eigenvalue weighted by Gasteiger charge is -2.10. The predicted octanol–water partition coefficient (Wildman–Crippen LogP) is 4.71. The number of rotatable bonds is 3. The first-order valence-corrected chi connectivity index (χ1v) is 6.86. The van der Waals surface area contributed by atoms with Crippen LogP contribution in [-0.2, 0) is 6.54 Å². The summed E-state index contributed by atoms with van der Waals surface area (Å²) in [6, 6.07) is 11.9. The van der Waals surface area contributed by atoms with Gasteiger partial charge in [-0.25, -0.2) is 0 Å². The molecule has 0 saturated carbocycles. The Kier molecular flexibility index (Phi) is 3.36. The van der Waals surface area contributed by atoms with Crippen LogP contribution in [0.4, 0.5) is 5.69 Å². The molecule has 0 aliphatic rings. The summed E-state index contributed by atoms with van der Waals surface area (Å²) in [4.78, 5) is 0. The molecule has 0 fully saturated rings. The summed E-state index contributed by atoms with van der Waals surface area (Å²) >= 11 is 5.89. The first-order valence-electron chi connectivity index (χ1n) is 6.48. The van der Waals surface area contributed by atoms with Crippen LogP contribution in [0.2, 0.25) is 5.02 Å². The maximum absolute atomic E-state index is 5.89. The van der Waals surface area contributed by atoms with E-state index in [4.69, 9.17) is 16.1 Å². The lowest BCUT2D eigenvalue weighted by atomic mass is 10.1. The molecule has 0 spiro atoms. The van der Waals surface area contributed by atoms with Crippen molar-refractivity contribution >= 4 is 28.3 Å². The van der Waals surface area contributed by atoms with Gasteiger partial charge in [0.2, 0.25) is 0 Å². The molecule has 0 bridgehead atoms. The molecule has 3 nitrogen and oxygen atoms in total. The van der Waals surface area contributed by atoms with E-state index in [1.165, 1.54) is 5.56 Å². The van der Waals surface area contributed by atoms with Gasteiger partial charge >= 0.3 is 0 Å². The van der Waals surface area contributed by atoms with Crippen LogP contribution in [0.3, 0.4) is 0 Å². The van der Waals surface area contributed by atoms with E-state index in [1.807, 2.05) is 37.3 Å². The van der Waals surface area contributed by atoms with Gasteiger partial charge in [-0.2, -0.15) is 0 Å². The van der Waals surface area contributed by atoms with Crippen molar-refractivity contribution < 1.29 is 4.52 Å². The van der Waals surface area contributed by atoms with Gasteiger partial charge in [-0.1, -0.05) is 28.9 Å². The van der Waals surface area contributed by atoms with Crippen LogP contribution in [0.15, 0.2) is 40.9 Å². The Morgan fingerprint density at radius 2 is 1.90 bits per heavy atom. The highest BCUT2D eigenvalue weighted by atomic mass is 35.5. The Morgan fingerprint density at radius 1 is 1.15 bits per heavy atom. The number of fused-ring (bicyclic) bond motifs is 1. The summed E-state index contributed by atoms with van der Waals surface area (Å²) in [7, 11) is 0. The molecule has 20 heavy (non-hydrogen) atoms. The summed E-state index contributed by atoms with van der Waals surface area (Å²) in [5, 5.41) is 9.24. The van der Waals surface area contributed by atoms with Gasteiger partial charge in [0.15, 0.2) is 5.58 Å². The highest BCUT2D eigenvalue weighted by Gasteiger charge is 2.08. The first-order chi connectivity index (χ1) is 9.63. The average molecular weight is 287 g/mol. The molecule has 0 saturated heterocycles. The standard InChI is InChI=1S/C16H15ClN2O/c1-10-7-16-14(11(2)19-20-16)8-15(10)18-9-12-3-5-13(17)6-4-12/h3-8,18H,9H2,1-2H3. The number of aromatic nitrogens is 1. The second kappa shape index (κ2) is 5.17. The van der Waals surface area contributed by atoms with Crippen LogP contribution in [-0.4, -0.2) is 5.16 Å². The van der Waals surface area contributed by atoms with Gasteiger partial charge < -0.3 is 9.84 Å². The summed E-state index contributed by atoms with van der Waals surface area (Å²) in [5.74, 6) is 0. The summed E-state index contributed by atoms with van der Waals surface area (Å²) in [6.07, 6.45) is 0. The van der Waals surface area contributed by atoms with Crippen molar-refractivity contribution in [1.82, 2.24) is 5.16 Å². The number of nitrogens with zero attached hydrogens (tertiary/aromatic N) is 1. The van der Waals surface area contributed by atoms with Crippen LogP contribution >= 0.6 is 11.6 Å². The SMILES string of the molecule is Cc1cc2onc(C)c2cc1NCc1ccc(Cl)cc1. The quantitative estimate of drug-likeness (QED) is 0.758. The molecule has 1 heterocycles. The third kappa shape index (κ3) is 2.49. The number of halogens is 1. The van der Waals surface area contributed by atoms with Crippen molar-refractivity contribution in [3.63, 3.8) is 0 Å². The summed E-state index contributed by atoms with van der Waals surface area (Å²) in [5.41, 5.74) is 5.17. The maximum atomic E-state index is 5.89. The molecule has 0 amide bonds. The zero-order chi connectivity index (χ0) is 14.1. The topological polar surface area (TPSA) is 38.1 Å². The second-order valence-corrected chi connectivity index (χ2v) is 5.35. The molecule has 0 aliphatic carbocycles. The van der Waals surface area contributed by atoms with Crippen LogP contribution in [0.1, 0.15) is 16.8 Å². The van der Waals surface area contributed by atoms with Gasteiger partial charge in [0.25, 0.3) is 0 Å². The van der Waals surface area contributed by atoms with Crippen molar-refractivity contribution in [2.75, 3.05) is 5.32 Å². The average Bonchev–Trinajstić information content (AvgIpc) is 2.79. The van der Waals surface area contributed by atoms with Gasteiger partial charge in [-0.15, -0.1) is 0 Å². The highest BCUT2D eigenvalue weighted by Crippen LogP contribution is 2.26. The van der Waals surface area contributed by atoms with Crippen LogP contribution < -0.4 is 5.32 Å². The minimum absolute atomic E-state index is 0.756. The third-order valence-corrected chi connectivity index (χ3v) is 3.65. The predicted molar refractivity (Wildman–Crippen MR) is 82.3 cm³/mol. The fourth-order valence-electron chi connectivity index (χ4n) is 2.20. The minimum Gasteiger partial charge on any atom is -0.381 e. The smallest absolute Gasteiger partial charge is 0.167 e. The third-order valence-electron chi connectivity index (χ3n) is 3.39. The van der Waals surface area contributed by atoms with E-state index in [0.717, 1.165) is 39.5 Å². The van der Waals surface area contributed by atoms with Crippen molar-refractivity contribution in [2.24, 2.45) is 0 Å². The molecule has 102 valence electrons. The molecule has 0 aliphatic heterocycles. The van der Waals surface area contributed by atoms with Crippen molar-refractivity contribution in [3.8, 4) is 0 Å². The zero-order valence-corrected chi connectivity index (χ0v) is 12.2. The Bertz CT molecular complexity index is 747. The first kappa shape index (κ1) is 13.0. The second-order valence-electron chi connectivity index (χ2n) is 4.91. The van der Waals surface area contributed by atoms with Crippen LogP contribution in [0.5, 0.6) is 0 Å². The highest BCUT2D eigenvalue weighted by molar-refractivity contribution is 6.30. The van der Waals surface area contributed by atoms with Gasteiger partial charge in [0.05, 0.1) is 5.69 Å². The van der Waals surface area contributed by atoms with E-state index in [9.17, 15) is 0 Å². The molecule has 0 unspecified atom stereocenters. The van der Waals surface area contributed by atoms with Gasteiger partial charge in [-0.05, 0) is 49.2 Å². The summed E-state index contributed by atoms with van der Waals surface area (Å²) < 4.78 is 5.27. The lowest BCUT2D eigenvalue weighted by molar-refractivity contribution is 0.450. The molecule has 3 rings (SSSR count). The Balaban J connectivity index is 1.84. The Hall–Kier alpha value is -2.00. The zero-order valence-electron chi connectivity index (χ0n) is 11.4. The number of anilines is 1. The Labute approximate surface area is 122 Å². The fraction of sp³-hybridized carbons (Fsp3) is 0.188. The van der Waals surface area contributed by atoms with Crippen molar-refractivity contribution in [1.29, 1.82) is 0 Å². The normalized spacial score (nSPS) is 10.9. The molecule has 2 aromatic carbocycles. The van der Waals surface area contributed by atoms with E-state index in [0.29, 0.717) is 0 Å². The molecular formula is C16H15ClN2O. The molecule has 4 heteroatoms. The number of hydrogen-bond donors (Lipinski definition) is 1. The van der Waals surface area contributed by atoms with Crippen LogP contribution in [0.25, 0.3) is 11.0 Å². The van der Waals surface area contributed by atoms with E-state index >= 15 is 0 Å². The largest absolute Gasteiger partial charge is 0.381 e. The fourth-order valence-corrected chi connectivity index (χ4v) is 2.32. The van der Waals surface area contributed by atoms with Gasteiger partial charge in [0, 0.05) is 22.6 Å². The van der Waals surface area contributed by atoms with E-state index in [1.54, 1.807) is 0 Å². The number of hydrogen-bond acceptors (Lipinski definition) is 3. The Morgan fingerprint density at radius 3 is 2.65 bits per heavy atom. The maximum Gasteiger partial charge on any atom is 0.167 e. The minimum atomic E-state index is 0.756. The number of aryl methyl sites for hydroxylation is 2. The molecule has 0 radical (unpaired) electrons. The van der Waals surface area contributed by atoms with Crippen molar-refractivity contribution in [2.45, 2.75) is 20.4 Å². The molecule has 1 N–H and O–H groups in total. The monoisotopic (exact) mass is 286 g/mol. The molecule has 3 aromatic rings. The van der Waals surface area contributed by atoms with Gasteiger partial charge in [0.1, 0.15) is 0 Å². The van der Waals surface area contributed by atoms with Gasteiger partial charge in [-0.3, -0.25) is 0 Å². The molecule has 1 aromatic heterocycles. The van der Waals surface area contributed by atoms with Crippen LogP contribution in [0, 0.1) is 13.8 Å². The van der Waals surface area contributed by atoms with E-state index in [-0.39, 0.29) is 0 Å². The molecular weight excluding hydrogens is 272 g/mol. The number of nitrogens with one attached hydrogen (secondary N) is 1. The summed E-state index contributed by atoms with van der Waals surface area (Å²) in [6.45, 7) is 4.76. The molecule has 0 atom stereocenters. The number of benzene rings is 2. The van der Waals surface area contributed by atoms with E-state index in [2.05, 4.69) is 23.5 Å². The lowest BCUT2D eigenvalue weighted by Crippen LogP contribution is -2.00. The van der Waals surface area contributed by atoms with E-state index < -0.39 is 0 Å². The van der Waals surface area contributed by atoms with Crippen molar-refractivity contribution in [3.05, 3.63) is 58.2 Å².